The first-order valence-corrected chi connectivity index (χ1v) is 11.6. The van der Waals surface area contributed by atoms with Crippen LogP contribution in [0.1, 0.15) is 19.3 Å². The highest BCUT2D eigenvalue weighted by atomic mass is 35.5. The number of nitrogens with one attached hydrogen (secondary N) is 2. The van der Waals surface area contributed by atoms with E-state index in [0.29, 0.717) is 31.1 Å². The summed E-state index contributed by atoms with van der Waals surface area (Å²) in [5, 5.41) is 7.94. The number of halogens is 1. The van der Waals surface area contributed by atoms with Gasteiger partial charge in [0.05, 0.1) is 17.7 Å². The van der Waals surface area contributed by atoms with Crippen LogP contribution in [0.3, 0.4) is 0 Å². The molecule has 1 fully saturated rings. The largest absolute Gasteiger partial charge is 0.384 e. The molecule has 9 heteroatoms. The Morgan fingerprint density at radius 1 is 1.32 bits per heavy atom. The van der Waals surface area contributed by atoms with Crippen molar-refractivity contribution in [2.75, 3.05) is 37.8 Å². The zero-order valence-corrected chi connectivity index (χ0v) is 17.4. The van der Waals surface area contributed by atoms with Crippen molar-refractivity contribution in [3.63, 3.8) is 0 Å². The Balaban J connectivity index is 1.44. The number of amides is 1. The first-order valence-electron chi connectivity index (χ1n) is 9.35. The lowest BCUT2D eigenvalue weighted by molar-refractivity contribution is -0.126. The summed E-state index contributed by atoms with van der Waals surface area (Å²) in [6, 6.07) is 7.51. The number of aromatic nitrogens is 1. The minimum atomic E-state index is -3.24. The average Bonchev–Trinajstić information content (AvgIpc) is 2.66. The molecule has 152 valence electrons. The third kappa shape index (κ3) is 5.33. The molecule has 0 saturated carbocycles. The highest BCUT2D eigenvalue weighted by molar-refractivity contribution is 7.88. The van der Waals surface area contributed by atoms with Crippen molar-refractivity contribution in [2.24, 2.45) is 5.92 Å². The number of anilines is 1. The van der Waals surface area contributed by atoms with Crippen LogP contribution in [0, 0.1) is 5.92 Å². The maximum atomic E-state index is 12.3. The molecule has 1 amide bonds. The molecule has 1 saturated heterocycles. The summed E-state index contributed by atoms with van der Waals surface area (Å²) in [5.41, 5.74) is 1.81. The summed E-state index contributed by atoms with van der Waals surface area (Å²) in [6.45, 7) is 2.00. The number of fused-ring (bicyclic) bond motifs is 1. The Kier molecular flexibility index (Phi) is 6.74. The van der Waals surface area contributed by atoms with E-state index in [1.54, 1.807) is 6.20 Å². The van der Waals surface area contributed by atoms with Gasteiger partial charge in [0.2, 0.25) is 15.9 Å². The standard InChI is InChI=1S/C19H25ClN4O3S/c1-28(26,27)24-11-2-4-14(13-24)19(25)23-9-3-8-21-17-7-10-22-18-12-15(20)5-6-16(17)18/h5-7,10,12,14H,2-4,8-9,11,13H2,1H3,(H,21,22)(H,23,25)/t14-/m1/s1. The third-order valence-corrected chi connectivity index (χ3v) is 6.40. The molecule has 1 aliphatic heterocycles. The predicted molar refractivity (Wildman–Crippen MR) is 112 cm³/mol. The summed E-state index contributed by atoms with van der Waals surface area (Å²) in [4.78, 5) is 16.7. The normalized spacial score (nSPS) is 18.1. The number of carbonyl (C=O) groups excluding carboxylic acids is 1. The van der Waals surface area contributed by atoms with E-state index in [1.165, 1.54) is 10.6 Å². The Morgan fingerprint density at radius 3 is 2.93 bits per heavy atom. The summed E-state index contributed by atoms with van der Waals surface area (Å²) < 4.78 is 24.7. The van der Waals surface area contributed by atoms with Gasteiger partial charge in [-0.25, -0.2) is 12.7 Å². The molecule has 7 nitrogen and oxygen atoms in total. The Morgan fingerprint density at radius 2 is 2.14 bits per heavy atom. The van der Waals surface area contributed by atoms with Gasteiger partial charge in [0, 0.05) is 48.5 Å². The van der Waals surface area contributed by atoms with Crippen LogP contribution in [0.25, 0.3) is 10.9 Å². The molecule has 1 atom stereocenters. The number of sulfonamides is 1. The number of nitrogens with zero attached hydrogens (tertiary/aromatic N) is 2. The first-order chi connectivity index (χ1) is 13.3. The Bertz CT molecular complexity index is 951. The second kappa shape index (κ2) is 9.07. The molecule has 0 unspecified atom stereocenters. The molecule has 1 aromatic carbocycles. The van der Waals surface area contributed by atoms with Gasteiger partial charge in [-0.15, -0.1) is 0 Å². The number of piperidine rings is 1. The fraction of sp³-hybridized carbons (Fsp3) is 0.474. The number of hydrogen-bond acceptors (Lipinski definition) is 5. The topological polar surface area (TPSA) is 91.4 Å². The number of carbonyl (C=O) groups is 1. The monoisotopic (exact) mass is 424 g/mol. The van der Waals surface area contributed by atoms with Gasteiger partial charge in [-0.1, -0.05) is 11.6 Å². The summed E-state index contributed by atoms with van der Waals surface area (Å²) in [5.74, 6) is -0.345. The van der Waals surface area contributed by atoms with E-state index in [1.807, 2.05) is 24.3 Å². The van der Waals surface area contributed by atoms with E-state index >= 15 is 0 Å². The molecule has 2 heterocycles. The Labute approximate surface area is 170 Å². The molecule has 28 heavy (non-hydrogen) atoms. The van der Waals surface area contributed by atoms with E-state index in [9.17, 15) is 13.2 Å². The molecule has 2 N–H and O–H groups in total. The molecular formula is C19H25ClN4O3S. The van der Waals surface area contributed by atoms with Gasteiger partial charge in [-0.05, 0) is 43.5 Å². The van der Waals surface area contributed by atoms with Crippen LogP contribution in [-0.2, 0) is 14.8 Å². The highest BCUT2D eigenvalue weighted by Gasteiger charge is 2.29. The van der Waals surface area contributed by atoms with Gasteiger partial charge in [-0.3, -0.25) is 9.78 Å². The Hall–Kier alpha value is -1.90. The molecule has 1 aromatic heterocycles. The average molecular weight is 425 g/mol. The van der Waals surface area contributed by atoms with Gasteiger partial charge >= 0.3 is 0 Å². The maximum Gasteiger partial charge on any atom is 0.224 e. The van der Waals surface area contributed by atoms with Gasteiger partial charge in [0.1, 0.15) is 0 Å². The van der Waals surface area contributed by atoms with Crippen molar-refractivity contribution < 1.29 is 13.2 Å². The maximum absolute atomic E-state index is 12.3. The van der Waals surface area contributed by atoms with Gasteiger partial charge in [-0.2, -0.15) is 0 Å². The third-order valence-electron chi connectivity index (χ3n) is 4.90. The second-order valence-corrected chi connectivity index (χ2v) is 9.47. The molecule has 0 spiro atoms. The van der Waals surface area contributed by atoms with Crippen LogP contribution in [-0.4, -0.2) is 56.0 Å². The van der Waals surface area contributed by atoms with Crippen molar-refractivity contribution in [1.82, 2.24) is 14.6 Å². The van der Waals surface area contributed by atoms with Crippen LogP contribution in [0.2, 0.25) is 5.02 Å². The van der Waals surface area contributed by atoms with Crippen molar-refractivity contribution in [3.05, 3.63) is 35.5 Å². The van der Waals surface area contributed by atoms with Gasteiger partial charge < -0.3 is 10.6 Å². The van der Waals surface area contributed by atoms with Crippen LogP contribution >= 0.6 is 11.6 Å². The lowest BCUT2D eigenvalue weighted by Gasteiger charge is -2.30. The summed E-state index contributed by atoms with van der Waals surface area (Å²) in [7, 11) is -3.24. The van der Waals surface area contributed by atoms with E-state index in [4.69, 9.17) is 11.6 Å². The van der Waals surface area contributed by atoms with E-state index in [-0.39, 0.29) is 18.4 Å². The summed E-state index contributed by atoms with van der Waals surface area (Å²) in [6.07, 6.45) is 5.12. The van der Waals surface area contributed by atoms with Crippen molar-refractivity contribution in [3.8, 4) is 0 Å². The lowest BCUT2D eigenvalue weighted by Crippen LogP contribution is -2.45. The fourth-order valence-electron chi connectivity index (χ4n) is 3.40. The minimum Gasteiger partial charge on any atom is -0.384 e. The lowest BCUT2D eigenvalue weighted by atomic mass is 9.99. The number of pyridine rings is 1. The second-order valence-electron chi connectivity index (χ2n) is 7.05. The van der Waals surface area contributed by atoms with Crippen LogP contribution in [0.4, 0.5) is 5.69 Å². The molecule has 3 rings (SSSR count). The molecule has 0 aliphatic carbocycles. The zero-order valence-electron chi connectivity index (χ0n) is 15.8. The van der Waals surface area contributed by atoms with E-state index < -0.39 is 10.0 Å². The van der Waals surface area contributed by atoms with Crippen molar-refractivity contribution >= 4 is 44.1 Å². The molecule has 0 radical (unpaired) electrons. The van der Waals surface area contributed by atoms with Gasteiger partial charge in [0.15, 0.2) is 0 Å². The first kappa shape index (κ1) is 20.8. The van der Waals surface area contributed by atoms with Crippen molar-refractivity contribution in [2.45, 2.75) is 19.3 Å². The fourth-order valence-corrected chi connectivity index (χ4v) is 4.48. The van der Waals surface area contributed by atoms with E-state index in [0.717, 1.165) is 29.4 Å². The molecule has 0 bridgehead atoms. The minimum absolute atomic E-state index is 0.0719. The van der Waals surface area contributed by atoms with Crippen LogP contribution < -0.4 is 10.6 Å². The van der Waals surface area contributed by atoms with Gasteiger partial charge in [0.25, 0.3) is 0 Å². The van der Waals surface area contributed by atoms with Crippen LogP contribution in [0.5, 0.6) is 0 Å². The number of rotatable bonds is 7. The number of benzene rings is 1. The number of hydrogen-bond donors (Lipinski definition) is 2. The molecular weight excluding hydrogens is 400 g/mol. The summed E-state index contributed by atoms with van der Waals surface area (Å²) >= 11 is 6.01. The molecule has 1 aliphatic rings. The van der Waals surface area contributed by atoms with E-state index in [2.05, 4.69) is 15.6 Å². The van der Waals surface area contributed by atoms with Crippen molar-refractivity contribution in [1.29, 1.82) is 0 Å². The molecule has 2 aromatic rings. The highest BCUT2D eigenvalue weighted by Crippen LogP contribution is 2.24. The SMILES string of the molecule is CS(=O)(=O)N1CCC[C@@H](C(=O)NCCCNc2ccnc3cc(Cl)ccc23)C1. The smallest absolute Gasteiger partial charge is 0.224 e. The predicted octanol–water partition coefficient (Wildman–Crippen LogP) is 2.48. The zero-order chi connectivity index (χ0) is 20.1. The van der Waals surface area contributed by atoms with Crippen LogP contribution in [0.15, 0.2) is 30.5 Å². The quantitative estimate of drug-likeness (QED) is 0.666.